The SMILES string of the molecule is CSc1ccc(C)c(C(=O)NCC(O)c2ccccc2Cl)c1. The predicted molar refractivity (Wildman–Crippen MR) is 91.7 cm³/mol. The van der Waals surface area contributed by atoms with Gasteiger partial charge < -0.3 is 10.4 Å². The van der Waals surface area contributed by atoms with Crippen molar-refractivity contribution in [2.45, 2.75) is 17.9 Å². The van der Waals surface area contributed by atoms with Gasteiger partial charge in [-0.2, -0.15) is 0 Å². The number of amides is 1. The zero-order valence-electron chi connectivity index (χ0n) is 12.5. The molecule has 0 aliphatic carbocycles. The van der Waals surface area contributed by atoms with Gasteiger partial charge in [-0.15, -0.1) is 11.8 Å². The van der Waals surface area contributed by atoms with Gasteiger partial charge in [-0.1, -0.05) is 35.9 Å². The summed E-state index contributed by atoms with van der Waals surface area (Å²) in [4.78, 5) is 13.3. The van der Waals surface area contributed by atoms with Crippen molar-refractivity contribution in [2.24, 2.45) is 0 Å². The van der Waals surface area contributed by atoms with Crippen molar-refractivity contribution in [1.29, 1.82) is 0 Å². The Morgan fingerprint density at radius 2 is 2.05 bits per heavy atom. The van der Waals surface area contributed by atoms with E-state index in [2.05, 4.69) is 5.32 Å². The van der Waals surface area contributed by atoms with Gasteiger partial charge in [0.2, 0.25) is 0 Å². The zero-order valence-corrected chi connectivity index (χ0v) is 14.0. The number of nitrogens with one attached hydrogen (secondary N) is 1. The molecule has 2 aromatic rings. The number of carbonyl (C=O) groups excluding carboxylic acids is 1. The van der Waals surface area contributed by atoms with Gasteiger partial charge in [0, 0.05) is 27.6 Å². The van der Waals surface area contributed by atoms with E-state index in [9.17, 15) is 9.90 Å². The third kappa shape index (κ3) is 4.03. The maximum absolute atomic E-state index is 12.3. The van der Waals surface area contributed by atoms with Gasteiger partial charge in [0.1, 0.15) is 0 Å². The smallest absolute Gasteiger partial charge is 0.251 e. The summed E-state index contributed by atoms with van der Waals surface area (Å²) >= 11 is 7.63. The molecule has 0 fully saturated rings. The summed E-state index contributed by atoms with van der Waals surface area (Å²) in [6.45, 7) is 2.01. The van der Waals surface area contributed by atoms with E-state index < -0.39 is 6.10 Å². The fraction of sp³-hybridized carbons (Fsp3) is 0.235. The van der Waals surface area contributed by atoms with Crippen LogP contribution < -0.4 is 5.32 Å². The molecule has 2 rings (SSSR count). The molecule has 0 saturated carbocycles. The molecule has 5 heteroatoms. The van der Waals surface area contributed by atoms with E-state index in [4.69, 9.17) is 11.6 Å². The molecule has 2 aromatic carbocycles. The van der Waals surface area contributed by atoms with Gasteiger partial charge in [0.05, 0.1) is 6.10 Å². The van der Waals surface area contributed by atoms with Crippen LogP contribution in [0.15, 0.2) is 47.4 Å². The molecule has 0 heterocycles. The lowest BCUT2D eigenvalue weighted by molar-refractivity contribution is 0.0915. The van der Waals surface area contributed by atoms with Crippen LogP contribution in [0.4, 0.5) is 0 Å². The minimum absolute atomic E-state index is 0.117. The molecule has 0 aromatic heterocycles. The van der Waals surface area contributed by atoms with Crippen LogP contribution in [0.25, 0.3) is 0 Å². The molecule has 1 atom stereocenters. The Labute approximate surface area is 139 Å². The van der Waals surface area contributed by atoms with Crippen LogP contribution in [0.2, 0.25) is 5.02 Å². The summed E-state index contributed by atoms with van der Waals surface area (Å²) in [5.41, 5.74) is 2.14. The van der Waals surface area contributed by atoms with Crippen molar-refractivity contribution in [3.63, 3.8) is 0 Å². The van der Waals surface area contributed by atoms with Crippen molar-refractivity contribution in [3.8, 4) is 0 Å². The lowest BCUT2D eigenvalue weighted by Gasteiger charge is -2.14. The number of carbonyl (C=O) groups is 1. The minimum atomic E-state index is -0.832. The fourth-order valence-corrected chi connectivity index (χ4v) is 2.81. The third-order valence-electron chi connectivity index (χ3n) is 3.41. The van der Waals surface area contributed by atoms with Crippen molar-refractivity contribution in [1.82, 2.24) is 5.32 Å². The molecular weight excluding hydrogens is 318 g/mol. The molecule has 0 saturated heterocycles. The predicted octanol–water partition coefficient (Wildman–Crippen LogP) is 3.83. The van der Waals surface area contributed by atoms with Gasteiger partial charge in [0.25, 0.3) is 5.91 Å². The van der Waals surface area contributed by atoms with E-state index in [1.54, 1.807) is 36.0 Å². The summed E-state index contributed by atoms with van der Waals surface area (Å²) in [7, 11) is 0. The van der Waals surface area contributed by atoms with Crippen LogP contribution in [0.5, 0.6) is 0 Å². The number of aliphatic hydroxyl groups is 1. The van der Waals surface area contributed by atoms with Gasteiger partial charge in [-0.05, 0) is 36.9 Å². The summed E-state index contributed by atoms with van der Waals surface area (Å²) in [6, 6.07) is 12.8. The molecule has 0 radical (unpaired) electrons. The summed E-state index contributed by atoms with van der Waals surface area (Å²) in [6.07, 6.45) is 1.13. The van der Waals surface area contributed by atoms with Crippen molar-refractivity contribution in [3.05, 3.63) is 64.2 Å². The average molecular weight is 336 g/mol. The summed E-state index contributed by atoms with van der Waals surface area (Å²) in [5.74, 6) is -0.195. The molecule has 3 nitrogen and oxygen atoms in total. The largest absolute Gasteiger partial charge is 0.387 e. The molecule has 1 unspecified atom stereocenters. The monoisotopic (exact) mass is 335 g/mol. The molecule has 116 valence electrons. The van der Waals surface area contributed by atoms with Crippen LogP contribution in [0.3, 0.4) is 0 Å². The Morgan fingerprint density at radius 3 is 2.73 bits per heavy atom. The molecule has 2 N–H and O–H groups in total. The topological polar surface area (TPSA) is 49.3 Å². The number of thioether (sulfide) groups is 1. The summed E-state index contributed by atoms with van der Waals surface area (Å²) in [5, 5.41) is 13.4. The van der Waals surface area contributed by atoms with Crippen LogP contribution in [-0.4, -0.2) is 23.8 Å². The standard InChI is InChI=1S/C17H18ClNO2S/c1-11-7-8-12(22-2)9-14(11)17(21)19-10-16(20)13-5-3-4-6-15(13)18/h3-9,16,20H,10H2,1-2H3,(H,19,21). The Hall–Kier alpha value is -1.49. The first-order chi connectivity index (χ1) is 10.5. The fourth-order valence-electron chi connectivity index (χ4n) is 2.11. The first-order valence-corrected chi connectivity index (χ1v) is 8.48. The molecule has 0 bridgehead atoms. The van der Waals surface area contributed by atoms with E-state index in [0.29, 0.717) is 16.1 Å². The highest BCUT2D eigenvalue weighted by atomic mass is 35.5. The number of halogens is 1. The minimum Gasteiger partial charge on any atom is -0.387 e. The summed E-state index contributed by atoms with van der Waals surface area (Å²) < 4.78 is 0. The molecule has 0 spiro atoms. The maximum atomic E-state index is 12.3. The third-order valence-corrected chi connectivity index (χ3v) is 4.48. The van der Waals surface area contributed by atoms with Crippen LogP contribution in [0.1, 0.15) is 27.6 Å². The average Bonchev–Trinajstić information content (AvgIpc) is 2.53. The van der Waals surface area contributed by atoms with Gasteiger partial charge in [0.15, 0.2) is 0 Å². The van der Waals surface area contributed by atoms with Gasteiger partial charge in [-0.3, -0.25) is 4.79 Å². The van der Waals surface area contributed by atoms with E-state index in [0.717, 1.165) is 10.5 Å². The van der Waals surface area contributed by atoms with E-state index in [1.165, 1.54) is 0 Å². The Kier molecular flexibility index (Phi) is 5.89. The highest BCUT2D eigenvalue weighted by molar-refractivity contribution is 7.98. The second kappa shape index (κ2) is 7.68. The second-order valence-electron chi connectivity index (χ2n) is 4.93. The molecule has 1 amide bonds. The van der Waals surface area contributed by atoms with Gasteiger partial charge in [-0.25, -0.2) is 0 Å². The van der Waals surface area contributed by atoms with E-state index in [1.807, 2.05) is 31.4 Å². The highest BCUT2D eigenvalue weighted by Crippen LogP contribution is 2.22. The van der Waals surface area contributed by atoms with Crippen molar-refractivity contribution in [2.75, 3.05) is 12.8 Å². The number of aryl methyl sites for hydroxylation is 1. The Balaban J connectivity index is 2.05. The molecule has 0 aliphatic heterocycles. The Morgan fingerprint density at radius 1 is 1.32 bits per heavy atom. The number of benzene rings is 2. The van der Waals surface area contributed by atoms with Crippen molar-refractivity contribution >= 4 is 29.3 Å². The molecule has 22 heavy (non-hydrogen) atoms. The van der Waals surface area contributed by atoms with Crippen molar-refractivity contribution < 1.29 is 9.90 Å². The first-order valence-electron chi connectivity index (χ1n) is 6.88. The lowest BCUT2D eigenvalue weighted by atomic mass is 10.1. The second-order valence-corrected chi connectivity index (χ2v) is 6.22. The molecule has 0 aliphatic rings. The Bertz CT molecular complexity index is 675. The molecular formula is C17H18ClNO2S. The normalized spacial score (nSPS) is 12.0. The number of hydrogen-bond donors (Lipinski definition) is 2. The van der Waals surface area contributed by atoms with Crippen LogP contribution in [-0.2, 0) is 0 Å². The van der Waals surface area contributed by atoms with E-state index in [-0.39, 0.29) is 12.5 Å². The number of hydrogen-bond acceptors (Lipinski definition) is 3. The van der Waals surface area contributed by atoms with Gasteiger partial charge >= 0.3 is 0 Å². The lowest BCUT2D eigenvalue weighted by Crippen LogP contribution is -2.29. The first kappa shape index (κ1) is 16.9. The van der Waals surface area contributed by atoms with E-state index >= 15 is 0 Å². The number of aliphatic hydroxyl groups excluding tert-OH is 1. The van der Waals surface area contributed by atoms with Crippen LogP contribution >= 0.6 is 23.4 Å². The van der Waals surface area contributed by atoms with Crippen LogP contribution in [0, 0.1) is 6.92 Å². The quantitative estimate of drug-likeness (QED) is 0.816. The number of rotatable bonds is 5. The highest BCUT2D eigenvalue weighted by Gasteiger charge is 2.14. The zero-order chi connectivity index (χ0) is 16.1. The maximum Gasteiger partial charge on any atom is 0.251 e.